The number of nitrogen functional groups attached to an aromatic ring is 1. The first-order chi connectivity index (χ1) is 9.02. The number of anilines is 1. The number of carbonyl (C=O) groups is 2. The molecule has 1 heterocycles. The molecule has 0 spiro atoms. The van der Waals surface area contributed by atoms with Gasteiger partial charge in [-0.2, -0.15) is 0 Å². The molecule has 3 N–H and O–H groups in total. The molecule has 1 atom stereocenters. The van der Waals surface area contributed by atoms with Gasteiger partial charge in [0, 0.05) is 29.4 Å². The summed E-state index contributed by atoms with van der Waals surface area (Å²) in [7, 11) is 0. The zero-order chi connectivity index (χ0) is 14.0. The molecule has 2 rings (SSSR count). The number of hydrogen-bond donors (Lipinski definition) is 2. The second-order valence-electron chi connectivity index (χ2n) is 4.49. The van der Waals surface area contributed by atoms with E-state index in [1.807, 2.05) is 6.92 Å². The van der Waals surface area contributed by atoms with Crippen LogP contribution in [0.1, 0.15) is 23.7 Å². The maximum Gasteiger partial charge on any atom is 0.254 e. The van der Waals surface area contributed by atoms with Gasteiger partial charge in [0.05, 0.1) is 0 Å². The molecule has 5 nitrogen and oxygen atoms in total. The molecule has 1 saturated heterocycles. The highest BCUT2D eigenvalue weighted by atomic mass is 35.5. The summed E-state index contributed by atoms with van der Waals surface area (Å²) in [5.41, 5.74) is 6.54. The molecule has 1 aliphatic heterocycles. The van der Waals surface area contributed by atoms with Gasteiger partial charge in [0.25, 0.3) is 5.91 Å². The van der Waals surface area contributed by atoms with Crippen LogP contribution in [-0.2, 0) is 4.79 Å². The van der Waals surface area contributed by atoms with Crippen LogP contribution in [0.15, 0.2) is 18.2 Å². The molecule has 0 aliphatic carbocycles. The van der Waals surface area contributed by atoms with Gasteiger partial charge >= 0.3 is 0 Å². The number of nitrogens with one attached hydrogen (secondary N) is 1. The molecule has 2 amide bonds. The Balaban J connectivity index is 2.29. The Kier molecular flexibility index (Phi) is 3.95. The lowest BCUT2D eigenvalue weighted by Crippen LogP contribution is -2.56. The Morgan fingerprint density at radius 3 is 2.89 bits per heavy atom. The van der Waals surface area contributed by atoms with Crippen LogP contribution in [-0.4, -0.2) is 35.8 Å². The second kappa shape index (κ2) is 5.48. The van der Waals surface area contributed by atoms with E-state index in [-0.39, 0.29) is 11.8 Å². The minimum atomic E-state index is -0.429. The third kappa shape index (κ3) is 2.81. The van der Waals surface area contributed by atoms with Crippen molar-refractivity contribution in [2.75, 3.05) is 18.8 Å². The average Bonchev–Trinajstić information content (AvgIpc) is 2.36. The van der Waals surface area contributed by atoms with Crippen LogP contribution >= 0.6 is 11.6 Å². The number of amides is 2. The summed E-state index contributed by atoms with van der Waals surface area (Å²) in [6.45, 7) is 2.84. The zero-order valence-corrected chi connectivity index (χ0v) is 11.4. The summed E-state index contributed by atoms with van der Waals surface area (Å²) in [5, 5.41) is 3.17. The number of nitrogens with zero attached hydrogens (tertiary/aromatic N) is 1. The van der Waals surface area contributed by atoms with Gasteiger partial charge in [0.1, 0.15) is 6.04 Å². The van der Waals surface area contributed by atoms with Crippen molar-refractivity contribution in [3.8, 4) is 0 Å². The zero-order valence-electron chi connectivity index (χ0n) is 10.6. The van der Waals surface area contributed by atoms with Crippen LogP contribution < -0.4 is 11.1 Å². The quantitative estimate of drug-likeness (QED) is 0.802. The third-order valence-corrected chi connectivity index (χ3v) is 3.36. The molecule has 6 heteroatoms. The van der Waals surface area contributed by atoms with E-state index >= 15 is 0 Å². The summed E-state index contributed by atoms with van der Waals surface area (Å²) in [5.74, 6) is -0.326. The van der Waals surface area contributed by atoms with E-state index < -0.39 is 6.04 Å². The van der Waals surface area contributed by atoms with Crippen molar-refractivity contribution in [3.05, 3.63) is 28.8 Å². The molecule has 0 radical (unpaired) electrons. The lowest BCUT2D eigenvalue weighted by atomic mass is 10.1. The van der Waals surface area contributed by atoms with Gasteiger partial charge in [0.2, 0.25) is 5.91 Å². The first-order valence-electron chi connectivity index (χ1n) is 6.17. The molecular formula is C13H16ClN3O2. The first kappa shape index (κ1) is 13.7. The van der Waals surface area contributed by atoms with Gasteiger partial charge in [-0.15, -0.1) is 0 Å². The number of rotatable bonds is 2. The van der Waals surface area contributed by atoms with E-state index in [1.165, 1.54) is 0 Å². The van der Waals surface area contributed by atoms with E-state index in [4.69, 9.17) is 17.3 Å². The number of nitrogens with two attached hydrogens (primary N) is 1. The SMILES string of the molecule is CCC1C(=O)NCCN1C(=O)c1cc(N)cc(Cl)c1. The van der Waals surface area contributed by atoms with Crippen LogP contribution in [0.5, 0.6) is 0 Å². The predicted octanol–water partition coefficient (Wildman–Crippen LogP) is 1.27. The van der Waals surface area contributed by atoms with Crippen molar-refractivity contribution in [2.24, 2.45) is 0 Å². The van der Waals surface area contributed by atoms with Crippen molar-refractivity contribution in [2.45, 2.75) is 19.4 Å². The maximum atomic E-state index is 12.5. The van der Waals surface area contributed by atoms with Crippen molar-refractivity contribution < 1.29 is 9.59 Å². The molecule has 1 aromatic rings. The molecule has 1 aromatic carbocycles. The van der Waals surface area contributed by atoms with Gasteiger partial charge in [-0.25, -0.2) is 0 Å². The summed E-state index contributed by atoms with van der Waals surface area (Å²) >= 11 is 5.90. The predicted molar refractivity (Wildman–Crippen MR) is 74.0 cm³/mol. The van der Waals surface area contributed by atoms with Crippen molar-refractivity contribution in [1.29, 1.82) is 0 Å². The summed E-state index contributed by atoms with van der Waals surface area (Å²) in [6.07, 6.45) is 0.577. The van der Waals surface area contributed by atoms with E-state index in [2.05, 4.69) is 5.32 Å². The Labute approximate surface area is 116 Å². The molecule has 19 heavy (non-hydrogen) atoms. The Bertz CT molecular complexity index is 498. The Hall–Kier alpha value is -1.75. The highest BCUT2D eigenvalue weighted by molar-refractivity contribution is 6.31. The fraction of sp³-hybridized carbons (Fsp3) is 0.385. The van der Waals surface area contributed by atoms with E-state index in [0.29, 0.717) is 35.8 Å². The molecular weight excluding hydrogens is 266 g/mol. The highest BCUT2D eigenvalue weighted by Crippen LogP contribution is 2.20. The third-order valence-electron chi connectivity index (χ3n) is 3.15. The molecule has 102 valence electrons. The fourth-order valence-corrected chi connectivity index (χ4v) is 2.51. The van der Waals surface area contributed by atoms with E-state index in [1.54, 1.807) is 23.1 Å². The smallest absolute Gasteiger partial charge is 0.254 e. The second-order valence-corrected chi connectivity index (χ2v) is 4.92. The van der Waals surface area contributed by atoms with Crippen LogP contribution in [0, 0.1) is 0 Å². The summed E-state index contributed by atoms with van der Waals surface area (Å²) in [4.78, 5) is 25.8. The van der Waals surface area contributed by atoms with Crippen LogP contribution in [0.4, 0.5) is 5.69 Å². The van der Waals surface area contributed by atoms with Crippen molar-refractivity contribution in [1.82, 2.24) is 10.2 Å². The summed E-state index contributed by atoms with van der Waals surface area (Å²) in [6, 6.07) is 4.30. The number of benzene rings is 1. The van der Waals surface area contributed by atoms with Gasteiger partial charge in [0.15, 0.2) is 0 Å². The molecule has 0 saturated carbocycles. The fourth-order valence-electron chi connectivity index (χ4n) is 2.27. The standard InChI is InChI=1S/C13H16ClN3O2/c1-2-11-12(18)16-3-4-17(11)13(19)8-5-9(14)7-10(15)6-8/h5-7,11H,2-4,15H2,1H3,(H,16,18). The largest absolute Gasteiger partial charge is 0.399 e. The highest BCUT2D eigenvalue weighted by Gasteiger charge is 2.32. The number of halogens is 1. The minimum Gasteiger partial charge on any atom is -0.399 e. The average molecular weight is 282 g/mol. The molecule has 1 fully saturated rings. The lowest BCUT2D eigenvalue weighted by molar-refractivity contribution is -0.127. The van der Waals surface area contributed by atoms with Crippen LogP contribution in [0.2, 0.25) is 5.02 Å². The molecule has 1 unspecified atom stereocenters. The number of carbonyl (C=O) groups excluding carboxylic acids is 2. The molecule has 1 aliphatic rings. The Morgan fingerprint density at radius 2 is 2.26 bits per heavy atom. The van der Waals surface area contributed by atoms with Crippen LogP contribution in [0.25, 0.3) is 0 Å². The van der Waals surface area contributed by atoms with Gasteiger partial charge in [-0.05, 0) is 24.6 Å². The van der Waals surface area contributed by atoms with Gasteiger partial charge < -0.3 is 16.0 Å². The first-order valence-corrected chi connectivity index (χ1v) is 6.55. The van der Waals surface area contributed by atoms with Gasteiger partial charge in [-0.1, -0.05) is 18.5 Å². The normalized spacial score (nSPS) is 19.2. The van der Waals surface area contributed by atoms with Crippen LogP contribution in [0.3, 0.4) is 0 Å². The monoisotopic (exact) mass is 281 g/mol. The number of hydrogen-bond acceptors (Lipinski definition) is 3. The number of piperazine rings is 1. The Morgan fingerprint density at radius 1 is 1.53 bits per heavy atom. The lowest BCUT2D eigenvalue weighted by Gasteiger charge is -2.34. The van der Waals surface area contributed by atoms with Crippen molar-refractivity contribution in [3.63, 3.8) is 0 Å². The van der Waals surface area contributed by atoms with Gasteiger partial charge in [-0.3, -0.25) is 9.59 Å². The minimum absolute atomic E-state index is 0.114. The van der Waals surface area contributed by atoms with Crippen molar-refractivity contribution >= 4 is 29.1 Å². The van der Waals surface area contributed by atoms with E-state index in [9.17, 15) is 9.59 Å². The maximum absolute atomic E-state index is 12.5. The topological polar surface area (TPSA) is 75.4 Å². The van der Waals surface area contributed by atoms with E-state index in [0.717, 1.165) is 0 Å². The summed E-state index contributed by atoms with van der Waals surface area (Å²) < 4.78 is 0. The molecule has 0 bridgehead atoms. The molecule has 0 aromatic heterocycles.